The fourth-order valence-electron chi connectivity index (χ4n) is 3.45. The molecule has 1 spiro atoms. The van der Waals surface area contributed by atoms with Gasteiger partial charge >= 0.3 is 0 Å². The lowest BCUT2D eigenvalue weighted by molar-refractivity contribution is -0.132. The normalized spacial score (nSPS) is 26.1. The number of hydrogen-bond acceptors (Lipinski definition) is 4. The van der Waals surface area contributed by atoms with Crippen molar-refractivity contribution in [2.45, 2.75) is 25.8 Å². The average molecular weight is 288 g/mol. The zero-order valence-corrected chi connectivity index (χ0v) is 12.9. The highest BCUT2D eigenvalue weighted by Gasteiger charge is 2.45. The molecule has 0 aromatic carbocycles. The summed E-state index contributed by atoms with van der Waals surface area (Å²) in [4.78, 5) is 21.0. The third-order valence-electron chi connectivity index (χ3n) is 4.71. The van der Waals surface area contributed by atoms with Crippen LogP contribution >= 0.6 is 0 Å². The minimum Gasteiger partial charge on any atom is -0.363 e. The van der Waals surface area contributed by atoms with E-state index in [1.54, 1.807) is 0 Å². The largest absolute Gasteiger partial charge is 0.363 e. The van der Waals surface area contributed by atoms with Crippen molar-refractivity contribution >= 4 is 11.7 Å². The standard InChI is InChI=1S/C16H24N4O/c1-19(2)14-5-4-13(10-18-14)11-20-9-7-16(12-20)6-3-8-17-15(16)21/h4-5,10H,3,6-9,11-12H2,1-2H3,(H,17,21)/t16-/m0/s1. The zero-order chi connectivity index (χ0) is 14.9. The first-order valence-electron chi connectivity index (χ1n) is 7.72. The molecule has 2 saturated heterocycles. The van der Waals surface area contributed by atoms with Crippen LogP contribution in [0.4, 0.5) is 5.82 Å². The van der Waals surface area contributed by atoms with Crippen molar-refractivity contribution in [2.75, 3.05) is 38.6 Å². The van der Waals surface area contributed by atoms with Crippen LogP contribution in [0.25, 0.3) is 0 Å². The Bertz CT molecular complexity index is 514. The summed E-state index contributed by atoms with van der Waals surface area (Å²) < 4.78 is 0. The van der Waals surface area contributed by atoms with E-state index in [1.165, 1.54) is 5.56 Å². The molecule has 2 fully saturated rings. The number of nitrogens with one attached hydrogen (secondary N) is 1. The second-order valence-corrected chi connectivity index (χ2v) is 6.52. The Morgan fingerprint density at radius 1 is 1.38 bits per heavy atom. The Kier molecular flexibility index (Phi) is 3.85. The number of pyridine rings is 1. The maximum Gasteiger partial charge on any atom is 0.227 e. The maximum absolute atomic E-state index is 12.2. The van der Waals surface area contributed by atoms with Gasteiger partial charge in [-0.05, 0) is 37.4 Å². The van der Waals surface area contributed by atoms with Crippen molar-refractivity contribution in [1.29, 1.82) is 0 Å². The first-order valence-corrected chi connectivity index (χ1v) is 7.72. The number of nitrogens with zero attached hydrogens (tertiary/aromatic N) is 3. The number of aromatic nitrogens is 1. The SMILES string of the molecule is CN(C)c1ccc(CN2CC[C@@]3(CCCNC3=O)C2)cn1. The molecule has 1 N–H and O–H groups in total. The molecule has 1 aromatic heterocycles. The molecule has 2 aliphatic rings. The third-order valence-corrected chi connectivity index (χ3v) is 4.71. The molecule has 114 valence electrons. The Labute approximate surface area is 126 Å². The van der Waals surface area contributed by atoms with Gasteiger partial charge in [0.05, 0.1) is 5.41 Å². The molecular formula is C16H24N4O. The topological polar surface area (TPSA) is 48.5 Å². The van der Waals surface area contributed by atoms with E-state index in [1.807, 2.05) is 25.2 Å². The van der Waals surface area contributed by atoms with Crippen molar-refractivity contribution in [2.24, 2.45) is 5.41 Å². The van der Waals surface area contributed by atoms with E-state index in [4.69, 9.17) is 0 Å². The monoisotopic (exact) mass is 288 g/mol. The van der Waals surface area contributed by atoms with Crippen LogP contribution in [-0.4, -0.2) is 49.5 Å². The minimum atomic E-state index is -0.130. The second kappa shape index (κ2) is 5.64. The molecule has 1 aromatic rings. The van der Waals surface area contributed by atoms with E-state index >= 15 is 0 Å². The van der Waals surface area contributed by atoms with E-state index in [9.17, 15) is 4.79 Å². The molecule has 0 unspecified atom stereocenters. The lowest BCUT2D eigenvalue weighted by Crippen LogP contribution is -2.47. The van der Waals surface area contributed by atoms with Gasteiger partial charge < -0.3 is 10.2 Å². The first kappa shape index (κ1) is 14.3. The molecule has 2 aliphatic heterocycles. The maximum atomic E-state index is 12.2. The molecule has 1 amide bonds. The van der Waals surface area contributed by atoms with Crippen molar-refractivity contribution in [3.8, 4) is 0 Å². The van der Waals surface area contributed by atoms with Crippen molar-refractivity contribution in [3.63, 3.8) is 0 Å². The third kappa shape index (κ3) is 2.88. The molecule has 5 nitrogen and oxygen atoms in total. The van der Waals surface area contributed by atoms with E-state index in [-0.39, 0.29) is 11.3 Å². The number of likely N-dealkylation sites (tertiary alicyclic amines) is 1. The molecule has 0 aliphatic carbocycles. The fourth-order valence-corrected chi connectivity index (χ4v) is 3.45. The summed E-state index contributed by atoms with van der Waals surface area (Å²) in [6.07, 6.45) is 5.08. The van der Waals surface area contributed by atoms with Crippen LogP contribution in [-0.2, 0) is 11.3 Å². The summed E-state index contributed by atoms with van der Waals surface area (Å²) in [6, 6.07) is 4.18. The summed E-state index contributed by atoms with van der Waals surface area (Å²) in [5.41, 5.74) is 1.09. The Morgan fingerprint density at radius 2 is 2.24 bits per heavy atom. The Morgan fingerprint density at radius 3 is 2.90 bits per heavy atom. The quantitative estimate of drug-likeness (QED) is 0.909. The van der Waals surface area contributed by atoms with Crippen LogP contribution in [0.1, 0.15) is 24.8 Å². The number of amides is 1. The summed E-state index contributed by atoms with van der Waals surface area (Å²) >= 11 is 0. The van der Waals surface area contributed by atoms with Gasteiger partial charge in [-0.1, -0.05) is 6.07 Å². The van der Waals surface area contributed by atoms with Crippen LogP contribution in [0.15, 0.2) is 18.3 Å². The average Bonchev–Trinajstić information content (AvgIpc) is 2.87. The van der Waals surface area contributed by atoms with Crippen molar-refractivity contribution in [3.05, 3.63) is 23.9 Å². The molecule has 0 radical (unpaired) electrons. The molecule has 0 bridgehead atoms. The van der Waals surface area contributed by atoms with Crippen LogP contribution in [0, 0.1) is 5.41 Å². The highest BCUT2D eigenvalue weighted by atomic mass is 16.2. The van der Waals surface area contributed by atoms with Crippen LogP contribution in [0.2, 0.25) is 0 Å². The molecule has 3 heterocycles. The molecule has 1 atom stereocenters. The van der Waals surface area contributed by atoms with Crippen molar-refractivity contribution in [1.82, 2.24) is 15.2 Å². The molecule has 21 heavy (non-hydrogen) atoms. The lowest BCUT2D eigenvalue weighted by atomic mass is 9.79. The smallest absolute Gasteiger partial charge is 0.227 e. The molecule has 3 rings (SSSR count). The van der Waals surface area contributed by atoms with Gasteiger partial charge in [-0.2, -0.15) is 0 Å². The summed E-state index contributed by atoms with van der Waals surface area (Å²) in [6.45, 7) is 3.61. The van der Waals surface area contributed by atoms with Crippen LogP contribution < -0.4 is 10.2 Å². The van der Waals surface area contributed by atoms with Gasteiger partial charge in [0.2, 0.25) is 5.91 Å². The van der Waals surface area contributed by atoms with E-state index < -0.39 is 0 Å². The number of piperidine rings is 1. The number of rotatable bonds is 3. The second-order valence-electron chi connectivity index (χ2n) is 6.52. The van der Waals surface area contributed by atoms with Crippen LogP contribution in [0.3, 0.4) is 0 Å². The van der Waals surface area contributed by atoms with Gasteiger partial charge in [0.15, 0.2) is 0 Å². The number of carbonyl (C=O) groups excluding carboxylic acids is 1. The van der Waals surface area contributed by atoms with E-state index in [0.717, 1.165) is 51.3 Å². The van der Waals surface area contributed by atoms with Gasteiger partial charge in [0, 0.05) is 39.9 Å². The Balaban J connectivity index is 1.63. The van der Waals surface area contributed by atoms with Crippen LogP contribution in [0.5, 0.6) is 0 Å². The highest BCUT2D eigenvalue weighted by Crippen LogP contribution is 2.37. The lowest BCUT2D eigenvalue weighted by Gasteiger charge is -2.32. The van der Waals surface area contributed by atoms with Gasteiger partial charge in [0.1, 0.15) is 5.82 Å². The van der Waals surface area contributed by atoms with Gasteiger partial charge in [-0.3, -0.25) is 9.69 Å². The predicted octanol–water partition coefficient (Wildman–Crippen LogP) is 1.25. The van der Waals surface area contributed by atoms with E-state index in [2.05, 4.69) is 27.3 Å². The van der Waals surface area contributed by atoms with Gasteiger partial charge in [-0.15, -0.1) is 0 Å². The molecular weight excluding hydrogens is 264 g/mol. The summed E-state index contributed by atoms with van der Waals surface area (Å²) in [7, 11) is 3.99. The number of hydrogen-bond donors (Lipinski definition) is 1. The van der Waals surface area contributed by atoms with Gasteiger partial charge in [0.25, 0.3) is 0 Å². The van der Waals surface area contributed by atoms with Crippen molar-refractivity contribution < 1.29 is 4.79 Å². The fraction of sp³-hybridized carbons (Fsp3) is 0.625. The van der Waals surface area contributed by atoms with Gasteiger partial charge in [-0.25, -0.2) is 4.98 Å². The highest BCUT2D eigenvalue weighted by molar-refractivity contribution is 5.83. The number of anilines is 1. The minimum absolute atomic E-state index is 0.130. The number of carbonyl (C=O) groups is 1. The molecule has 5 heteroatoms. The summed E-state index contributed by atoms with van der Waals surface area (Å²) in [5.74, 6) is 1.24. The Hall–Kier alpha value is -1.62. The first-order chi connectivity index (χ1) is 10.1. The zero-order valence-electron chi connectivity index (χ0n) is 12.9. The predicted molar refractivity (Wildman–Crippen MR) is 83.1 cm³/mol. The molecule has 0 saturated carbocycles. The summed E-state index contributed by atoms with van der Waals surface area (Å²) in [5, 5.41) is 3.04. The van der Waals surface area contributed by atoms with E-state index in [0.29, 0.717) is 0 Å².